The van der Waals surface area contributed by atoms with Gasteiger partial charge in [0.15, 0.2) is 0 Å². The first-order chi connectivity index (χ1) is 15.2. The quantitative estimate of drug-likeness (QED) is 0.385. The van der Waals surface area contributed by atoms with Crippen LogP contribution >= 0.6 is 0 Å². The number of Topliss-reactive ketones (excluding diaryl/α,β-unsaturated/α-hetero) is 1. The van der Waals surface area contributed by atoms with Crippen LogP contribution in [0.3, 0.4) is 0 Å². The van der Waals surface area contributed by atoms with Crippen LogP contribution in [0, 0.1) is 12.8 Å². The molecule has 1 atom stereocenters. The van der Waals surface area contributed by atoms with Gasteiger partial charge in [0.1, 0.15) is 11.5 Å². The Morgan fingerprint density at radius 2 is 1.81 bits per heavy atom. The van der Waals surface area contributed by atoms with Crippen molar-refractivity contribution < 1.29 is 19.4 Å². The predicted molar refractivity (Wildman–Crippen MR) is 126 cm³/mol. The molecule has 1 aliphatic rings. The number of aryl methyl sites for hydroxylation is 1. The zero-order valence-electron chi connectivity index (χ0n) is 19.5. The molecule has 0 saturated carbocycles. The number of ether oxygens (including phenoxy) is 1. The number of ketones is 1. The minimum absolute atomic E-state index is 0.124. The van der Waals surface area contributed by atoms with Gasteiger partial charge in [0.05, 0.1) is 18.2 Å². The van der Waals surface area contributed by atoms with E-state index in [1.165, 1.54) is 0 Å². The smallest absolute Gasteiger partial charge is 0.295 e. The second-order valence-corrected chi connectivity index (χ2v) is 8.89. The van der Waals surface area contributed by atoms with Gasteiger partial charge in [-0.25, -0.2) is 0 Å². The number of benzene rings is 2. The van der Waals surface area contributed by atoms with Crippen molar-refractivity contribution in [2.24, 2.45) is 5.92 Å². The highest BCUT2D eigenvalue weighted by molar-refractivity contribution is 6.46. The number of aliphatic hydroxyl groups is 1. The van der Waals surface area contributed by atoms with E-state index in [1.807, 2.05) is 62.3 Å². The summed E-state index contributed by atoms with van der Waals surface area (Å²) in [6, 6.07) is 14.1. The fourth-order valence-electron chi connectivity index (χ4n) is 3.80. The number of hydrogen-bond donors (Lipinski definition) is 1. The molecule has 2 aromatic carbocycles. The molecule has 0 aromatic heterocycles. The Bertz CT molecular complexity index is 1010. The van der Waals surface area contributed by atoms with E-state index in [-0.39, 0.29) is 11.3 Å². The fourth-order valence-corrected chi connectivity index (χ4v) is 3.80. The molecule has 0 aliphatic carbocycles. The number of amides is 1. The lowest BCUT2D eigenvalue weighted by Crippen LogP contribution is -2.35. The maximum absolute atomic E-state index is 13.1. The Morgan fingerprint density at radius 1 is 1.12 bits per heavy atom. The van der Waals surface area contributed by atoms with E-state index in [4.69, 9.17) is 4.74 Å². The van der Waals surface area contributed by atoms with Gasteiger partial charge >= 0.3 is 0 Å². The molecule has 0 spiro atoms. The number of likely N-dealkylation sites (tertiary alicyclic amines) is 1. The van der Waals surface area contributed by atoms with E-state index in [1.54, 1.807) is 17.0 Å². The molecule has 1 aliphatic heterocycles. The summed E-state index contributed by atoms with van der Waals surface area (Å²) in [5, 5.41) is 11.3. The lowest BCUT2D eigenvalue weighted by Gasteiger charge is -2.26. The van der Waals surface area contributed by atoms with Gasteiger partial charge in [-0.05, 0) is 56.3 Å². The average molecular weight is 437 g/mol. The number of hydrogen-bond acceptors (Lipinski definition) is 5. The van der Waals surface area contributed by atoms with Crippen molar-refractivity contribution in [1.29, 1.82) is 0 Å². The molecule has 1 N–H and O–H groups in total. The zero-order chi connectivity index (χ0) is 23.4. The fraction of sp³-hybridized carbons (Fsp3) is 0.385. The van der Waals surface area contributed by atoms with Crippen LogP contribution in [0.1, 0.15) is 36.6 Å². The Hall–Kier alpha value is -3.12. The molecule has 3 rings (SSSR count). The van der Waals surface area contributed by atoms with E-state index in [9.17, 15) is 14.7 Å². The lowest BCUT2D eigenvalue weighted by molar-refractivity contribution is -0.140. The molecule has 1 unspecified atom stereocenters. The van der Waals surface area contributed by atoms with Gasteiger partial charge in [-0.15, -0.1) is 0 Å². The summed E-state index contributed by atoms with van der Waals surface area (Å²) < 4.78 is 5.78. The molecular formula is C26H32N2O4. The molecule has 0 radical (unpaired) electrons. The van der Waals surface area contributed by atoms with Gasteiger partial charge in [0.2, 0.25) is 0 Å². The minimum atomic E-state index is -0.658. The molecule has 1 saturated heterocycles. The highest BCUT2D eigenvalue weighted by Gasteiger charge is 2.45. The zero-order valence-corrected chi connectivity index (χ0v) is 19.5. The first kappa shape index (κ1) is 23.5. The van der Waals surface area contributed by atoms with E-state index in [2.05, 4.69) is 13.8 Å². The number of nitrogens with zero attached hydrogens (tertiary/aromatic N) is 2. The number of aliphatic hydroxyl groups excluding tert-OH is 1. The summed E-state index contributed by atoms with van der Waals surface area (Å²) in [6.07, 6.45) is 0. The first-order valence-corrected chi connectivity index (χ1v) is 10.9. The van der Waals surface area contributed by atoms with Crippen molar-refractivity contribution in [2.45, 2.75) is 26.8 Å². The largest absolute Gasteiger partial charge is 0.507 e. The second kappa shape index (κ2) is 10.0. The van der Waals surface area contributed by atoms with Gasteiger partial charge in [0.25, 0.3) is 11.7 Å². The van der Waals surface area contributed by atoms with Crippen LogP contribution in [-0.2, 0) is 9.59 Å². The maximum atomic E-state index is 13.1. The first-order valence-electron chi connectivity index (χ1n) is 10.9. The SMILES string of the molecule is Cc1cc(OCC(C)C)ccc1C(O)=C1C(=O)C(=O)N(CCN(C)C)C1c1ccccc1. The predicted octanol–water partition coefficient (Wildman–Crippen LogP) is 4.01. The van der Waals surface area contributed by atoms with Gasteiger partial charge in [0, 0.05) is 18.7 Å². The molecule has 1 fully saturated rings. The van der Waals surface area contributed by atoms with Crippen LogP contribution in [0.5, 0.6) is 5.75 Å². The Labute approximate surface area is 190 Å². The van der Waals surface area contributed by atoms with Crippen molar-refractivity contribution in [3.63, 3.8) is 0 Å². The third kappa shape index (κ3) is 5.02. The molecule has 2 aromatic rings. The van der Waals surface area contributed by atoms with Crippen LogP contribution in [0.15, 0.2) is 54.1 Å². The molecule has 1 heterocycles. The summed E-state index contributed by atoms with van der Waals surface area (Å²) >= 11 is 0. The van der Waals surface area contributed by atoms with Gasteiger partial charge < -0.3 is 19.6 Å². The second-order valence-electron chi connectivity index (χ2n) is 8.89. The summed E-state index contributed by atoms with van der Waals surface area (Å²) in [6.45, 7) is 7.59. The van der Waals surface area contributed by atoms with E-state index in [0.29, 0.717) is 36.9 Å². The Kier molecular flexibility index (Phi) is 7.36. The molecule has 0 bridgehead atoms. The number of carbonyl (C=O) groups excluding carboxylic acids is 2. The van der Waals surface area contributed by atoms with Gasteiger partial charge in [-0.3, -0.25) is 9.59 Å². The number of rotatable bonds is 8. The van der Waals surface area contributed by atoms with E-state index >= 15 is 0 Å². The van der Waals surface area contributed by atoms with E-state index in [0.717, 1.165) is 11.1 Å². The van der Waals surface area contributed by atoms with Crippen molar-refractivity contribution in [3.8, 4) is 5.75 Å². The standard InChI is InChI=1S/C26H32N2O4/c1-17(2)16-32-20-11-12-21(18(3)15-20)24(29)22-23(19-9-7-6-8-10-19)28(14-13-27(4)5)26(31)25(22)30/h6-12,15,17,23,29H,13-14,16H2,1-5H3. The maximum Gasteiger partial charge on any atom is 0.295 e. The van der Waals surface area contributed by atoms with Gasteiger partial charge in [-0.2, -0.15) is 0 Å². The van der Waals surface area contributed by atoms with E-state index < -0.39 is 17.7 Å². The normalized spacial score (nSPS) is 18.1. The molecular weight excluding hydrogens is 404 g/mol. The van der Waals surface area contributed by atoms with Crippen molar-refractivity contribution >= 4 is 17.4 Å². The van der Waals surface area contributed by atoms with Crippen LogP contribution in [0.25, 0.3) is 5.76 Å². The third-order valence-corrected chi connectivity index (χ3v) is 5.48. The number of likely N-dealkylation sites (N-methyl/N-ethyl adjacent to an activating group) is 1. The van der Waals surface area contributed by atoms with Gasteiger partial charge in [-0.1, -0.05) is 44.2 Å². The highest BCUT2D eigenvalue weighted by Crippen LogP contribution is 2.40. The Morgan fingerprint density at radius 3 is 2.41 bits per heavy atom. The molecule has 6 nitrogen and oxygen atoms in total. The molecule has 6 heteroatoms. The minimum Gasteiger partial charge on any atom is -0.507 e. The lowest BCUT2D eigenvalue weighted by atomic mass is 9.94. The van der Waals surface area contributed by atoms with Crippen molar-refractivity contribution in [3.05, 3.63) is 70.8 Å². The average Bonchev–Trinajstić information content (AvgIpc) is 3.01. The van der Waals surface area contributed by atoms with Crippen molar-refractivity contribution in [2.75, 3.05) is 33.8 Å². The summed E-state index contributed by atoms with van der Waals surface area (Å²) in [5.74, 6) is -0.296. The summed E-state index contributed by atoms with van der Waals surface area (Å²) in [7, 11) is 3.83. The number of carbonyl (C=O) groups is 2. The molecule has 1 amide bonds. The highest BCUT2D eigenvalue weighted by atomic mass is 16.5. The van der Waals surface area contributed by atoms with Crippen LogP contribution in [-0.4, -0.2) is 60.4 Å². The third-order valence-electron chi connectivity index (χ3n) is 5.48. The van der Waals surface area contributed by atoms with Crippen molar-refractivity contribution in [1.82, 2.24) is 9.80 Å². The summed E-state index contributed by atoms with van der Waals surface area (Å²) in [5.41, 5.74) is 2.21. The monoisotopic (exact) mass is 436 g/mol. The summed E-state index contributed by atoms with van der Waals surface area (Å²) in [4.78, 5) is 29.5. The molecule has 32 heavy (non-hydrogen) atoms. The molecule has 170 valence electrons. The topological polar surface area (TPSA) is 70.1 Å². The Balaban J connectivity index is 2.06. The van der Waals surface area contributed by atoms with Crippen LogP contribution < -0.4 is 4.74 Å². The van der Waals surface area contributed by atoms with Crippen LogP contribution in [0.2, 0.25) is 0 Å². The van der Waals surface area contributed by atoms with Crippen LogP contribution in [0.4, 0.5) is 0 Å².